The van der Waals surface area contributed by atoms with E-state index in [4.69, 9.17) is 37.9 Å². The number of hydrogen-bond acceptors (Lipinski definition) is 10. The van der Waals surface area contributed by atoms with E-state index in [1.54, 1.807) is 0 Å². The number of rotatable bonds is 22. The quantitative estimate of drug-likeness (QED) is 0.0656. The molecule has 75 heavy (non-hydrogen) atoms. The number of anilines is 6. The molecule has 6 aromatic rings. The van der Waals surface area contributed by atoms with Crippen LogP contribution < -0.4 is 9.80 Å². The van der Waals surface area contributed by atoms with E-state index >= 15 is 0 Å². The summed E-state index contributed by atoms with van der Waals surface area (Å²) in [7, 11) is 0. The lowest BCUT2D eigenvalue weighted by Crippen LogP contribution is -2.26. The Morgan fingerprint density at radius 3 is 0.760 bits per heavy atom. The van der Waals surface area contributed by atoms with Crippen molar-refractivity contribution in [1.82, 2.24) is 0 Å². The van der Waals surface area contributed by atoms with E-state index < -0.39 is 0 Å². The maximum absolute atomic E-state index is 6.16. The summed E-state index contributed by atoms with van der Waals surface area (Å²) in [6.07, 6.45) is 14.2. The van der Waals surface area contributed by atoms with Crippen LogP contribution in [0.25, 0.3) is 0 Å². The van der Waals surface area contributed by atoms with Gasteiger partial charge in [-0.1, -0.05) is 86.6 Å². The normalized spacial score (nSPS) is 20.4. The molecular formula is C65H78N2O8. The maximum Gasteiger partial charge on any atom is 0.158 e. The number of ether oxygens (including phenoxy) is 8. The molecule has 0 aliphatic carbocycles. The van der Waals surface area contributed by atoms with Crippen LogP contribution in [0.4, 0.5) is 34.1 Å². The van der Waals surface area contributed by atoms with Crippen LogP contribution in [0.15, 0.2) is 146 Å². The van der Waals surface area contributed by atoms with Crippen molar-refractivity contribution in [3.05, 3.63) is 179 Å². The third-order valence-electron chi connectivity index (χ3n) is 15.6. The average Bonchev–Trinajstić information content (AvgIpc) is 3.49. The van der Waals surface area contributed by atoms with Gasteiger partial charge in [-0.25, -0.2) is 0 Å². The molecule has 4 fully saturated rings. The van der Waals surface area contributed by atoms with Crippen molar-refractivity contribution in [3.63, 3.8) is 0 Å². The molecule has 4 saturated heterocycles. The number of hydrogen-bond donors (Lipinski definition) is 0. The molecule has 10 nitrogen and oxygen atoms in total. The van der Waals surface area contributed by atoms with Gasteiger partial charge in [0.05, 0.1) is 26.4 Å². The van der Waals surface area contributed by atoms with Gasteiger partial charge in [0.25, 0.3) is 0 Å². The monoisotopic (exact) mass is 1010 g/mol. The van der Waals surface area contributed by atoms with Gasteiger partial charge in [0.1, 0.15) is 0 Å². The van der Waals surface area contributed by atoms with Gasteiger partial charge in [-0.05, 0) is 196 Å². The predicted octanol–water partition coefficient (Wildman–Crippen LogP) is 15.9. The second-order valence-electron chi connectivity index (χ2n) is 20.6. The van der Waals surface area contributed by atoms with Crippen molar-refractivity contribution in [2.24, 2.45) is 0 Å². The van der Waals surface area contributed by atoms with Gasteiger partial charge in [-0.2, -0.15) is 0 Å². The fourth-order valence-electron chi connectivity index (χ4n) is 11.1. The van der Waals surface area contributed by atoms with Crippen molar-refractivity contribution in [3.8, 4) is 0 Å². The van der Waals surface area contributed by atoms with Crippen molar-refractivity contribution in [1.29, 1.82) is 0 Å². The van der Waals surface area contributed by atoms with Crippen molar-refractivity contribution in [2.45, 2.75) is 161 Å². The highest BCUT2D eigenvalue weighted by atomic mass is 16.7. The van der Waals surface area contributed by atoms with Gasteiger partial charge in [-0.3, -0.25) is 0 Å². The molecular weight excluding hydrogens is 937 g/mol. The molecule has 4 unspecified atom stereocenters. The standard InChI is InChI=1S/C65H78N2O8/c1-3-65(4-2,53-25-37-59(38-26-53)66(55-29-17-49(18-30-55)45-72-61-13-5-9-41-68-61)56-31-19-50(20-32-56)46-73-62-14-6-10-42-69-62)54-27-39-60(40-28-54)67(57-33-21-51(22-34-57)47-74-63-15-7-11-43-70-63)58-35-23-52(24-36-58)48-75-64-16-8-12-44-71-64/h17-40,61-64H,3-16,41-48H2,1-2H3. The van der Waals surface area contributed by atoms with Crippen molar-refractivity contribution in [2.75, 3.05) is 36.2 Å². The fourth-order valence-corrected chi connectivity index (χ4v) is 11.1. The van der Waals surface area contributed by atoms with Crippen LogP contribution in [0.1, 0.15) is 137 Å². The molecule has 10 rings (SSSR count). The molecule has 0 bridgehead atoms. The Balaban J connectivity index is 0.898. The molecule has 0 spiro atoms. The SMILES string of the molecule is CCC(CC)(c1ccc(N(c2ccc(COC3CCCCO3)cc2)c2ccc(COC3CCCCO3)cc2)cc1)c1ccc(N(c2ccc(COC3CCCCO3)cc2)c2ccc(COC3CCCCO3)cc2)cc1. The molecule has 0 radical (unpaired) electrons. The van der Waals surface area contributed by atoms with Gasteiger partial charge < -0.3 is 47.7 Å². The molecule has 4 aliphatic rings. The first-order valence-electron chi connectivity index (χ1n) is 28.1. The van der Waals surface area contributed by atoms with Crippen molar-refractivity contribution < 1.29 is 37.9 Å². The van der Waals surface area contributed by atoms with Gasteiger partial charge >= 0.3 is 0 Å². The Morgan fingerprint density at radius 2 is 0.560 bits per heavy atom. The molecule has 0 amide bonds. The highest BCUT2D eigenvalue weighted by molar-refractivity contribution is 5.78. The Hall–Kier alpha value is -5.40. The summed E-state index contributed by atoms with van der Waals surface area (Å²) in [5.74, 6) is 0. The average molecular weight is 1020 g/mol. The summed E-state index contributed by atoms with van der Waals surface area (Å²) >= 11 is 0. The Labute approximate surface area is 446 Å². The lowest BCUT2D eigenvalue weighted by Gasteiger charge is -2.35. The van der Waals surface area contributed by atoms with E-state index in [-0.39, 0.29) is 30.6 Å². The molecule has 4 heterocycles. The molecule has 0 aromatic heterocycles. The third-order valence-corrected chi connectivity index (χ3v) is 15.6. The van der Waals surface area contributed by atoms with Gasteiger partial charge in [0.15, 0.2) is 25.2 Å². The largest absolute Gasteiger partial charge is 0.353 e. The minimum absolute atomic E-state index is 0.126. The molecule has 0 saturated carbocycles. The topological polar surface area (TPSA) is 80.3 Å². The smallest absolute Gasteiger partial charge is 0.158 e. The van der Waals surface area contributed by atoms with E-state index in [1.807, 2.05) is 0 Å². The third kappa shape index (κ3) is 13.8. The first kappa shape index (κ1) is 53.0. The minimum atomic E-state index is -0.201. The number of benzene rings is 6. The van der Waals surface area contributed by atoms with E-state index in [0.717, 1.165) is 173 Å². The maximum atomic E-state index is 6.16. The van der Waals surface area contributed by atoms with Crippen LogP contribution in [0, 0.1) is 0 Å². The lowest BCUT2D eigenvalue weighted by atomic mass is 9.70. The Bertz CT molecular complexity index is 2290. The predicted molar refractivity (Wildman–Crippen MR) is 297 cm³/mol. The summed E-state index contributed by atoms with van der Waals surface area (Å²) in [6.45, 7) is 9.81. The summed E-state index contributed by atoms with van der Waals surface area (Å²) in [4.78, 5) is 4.68. The number of nitrogens with zero attached hydrogens (tertiary/aromatic N) is 2. The van der Waals surface area contributed by atoms with Crippen LogP contribution in [0.3, 0.4) is 0 Å². The summed E-state index contributed by atoms with van der Waals surface area (Å²) in [6, 6.07) is 53.5. The highest BCUT2D eigenvalue weighted by Gasteiger charge is 2.31. The second-order valence-corrected chi connectivity index (χ2v) is 20.6. The fraction of sp³-hybridized carbons (Fsp3) is 0.446. The van der Waals surface area contributed by atoms with Crippen LogP contribution in [-0.4, -0.2) is 51.6 Å². The first-order valence-corrected chi connectivity index (χ1v) is 28.1. The molecule has 396 valence electrons. The molecule has 4 atom stereocenters. The summed E-state index contributed by atoms with van der Waals surface area (Å²) < 4.78 is 48.1. The first-order chi connectivity index (χ1) is 37.0. The molecule has 0 N–H and O–H groups in total. The summed E-state index contributed by atoms with van der Waals surface area (Å²) in [5, 5.41) is 0. The Kier molecular flexibility index (Phi) is 18.8. The zero-order valence-corrected chi connectivity index (χ0v) is 44.4. The van der Waals surface area contributed by atoms with E-state index in [0.29, 0.717) is 26.4 Å². The minimum Gasteiger partial charge on any atom is -0.353 e. The second kappa shape index (κ2) is 26.6. The van der Waals surface area contributed by atoms with Gasteiger partial charge in [-0.15, -0.1) is 0 Å². The van der Waals surface area contributed by atoms with E-state index in [9.17, 15) is 0 Å². The van der Waals surface area contributed by atoms with Gasteiger partial charge in [0.2, 0.25) is 0 Å². The molecule has 6 aromatic carbocycles. The zero-order chi connectivity index (χ0) is 51.1. The summed E-state index contributed by atoms with van der Waals surface area (Å²) in [5.41, 5.74) is 13.4. The molecule has 10 heteroatoms. The lowest BCUT2D eigenvalue weighted by molar-refractivity contribution is -0.169. The zero-order valence-electron chi connectivity index (χ0n) is 44.4. The van der Waals surface area contributed by atoms with Gasteiger partial charge in [0, 0.05) is 66.0 Å². The van der Waals surface area contributed by atoms with E-state index in [2.05, 4.69) is 169 Å². The van der Waals surface area contributed by atoms with Crippen LogP contribution in [0.5, 0.6) is 0 Å². The van der Waals surface area contributed by atoms with Crippen LogP contribution >= 0.6 is 0 Å². The van der Waals surface area contributed by atoms with Crippen LogP contribution in [0.2, 0.25) is 0 Å². The Morgan fingerprint density at radius 1 is 0.333 bits per heavy atom. The highest BCUT2D eigenvalue weighted by Crippen LogP contribution is 2.43. The van der Waals surface area contributed by atoms with Crippen molar-refractivity contribution >= 4 is 34.1 Å². The van der Waals surface area contributed by atoms with E-state index in [1.165, 1.54) is 11.1 Å². The molecule has 4 aliphatic heterocycles. The van der Waals surface area contributed by atoms with Crippen LogP contribution in [-0.2, 0) is 69.7 Å².